The van der Waals surface area contributed by atoms with Crippen LogP contribution in [0.4, 0.5) is 0 Å². The van der Waals surface area contributed by atoms with Crippen molar-refractivity contribution in [3.8, 4) is 0 Å². The van der Waals surface area contributed by atoms with E-state index in [4.69, 9.17) is 10.8 Å². The van der Waals surface area contributed by atoms with Gasteiger partial charge < -0.3 is 16.2 Å². The van der Waals surface area contributed by atoms with Gasteiger partial charge in [0.25, 0.3) is 0 Å². The van der Waals surface area contributed by atoms with Crippen LogP contribution in [0.1, 0.15) is 26.2 Å². The molecule has 86 valence electrons. The van der Waals surface area contributed by atoms with Gasteiger partial charge in [0.15, 0.2) is 0 Å². The Bertz CT molecular complexity index is 269. The number of nitrogens with one attached hydrogen (secondary N) is 2. The predicted molar refractivity (Wildman–Crippen MR) is 54.0 cm³/mol. The molecule has 0 aromatic carbocycles. The quantitative estimate of drug-likeness (QED) is 0.450. The van der Waals surface area contributed by atoms with Crippen molar-refractivity contribution in [3.05, 3.63) is 0 Å². The summed E-state index contributed by atoms with van der Waals surface area (Å²) in [5, 5.41) is 13.7. The zero-order chi connectivity index (χ0) is 11.5. The van der Waals surface area contributed by atoms with Crippen LogP contribution in [0.3, 0.4) is 0 Å². The molecule has 0 bridgehead atoms. The van der Waals surface area contributed by atoms with Crippen LogP contribution in [0.15, 0.2) is 0 Å². The van der Waals surface area contributed by atoms with Gasteiger partial charge in [-0.05, 0) is 6.42 Å². The minimum absolute atomic E-state index is 0.423. The van der Waals surface area contributed by atoms with Crippen molar-refractivity contribution in [1.29, 1.82) is 0 Å². The SMILES string of the molecule is CCCCC1(N)CN[C@H]1NC(=O)C(=O)O. The third kappa shape index (κ3) is 2.66. The summed E-state index contributed by atoms with van der Waals surface area (Å²) in [5.41, 5.74) is 5.51. The number of carboxylic acid groups (broad SMARTS) is 1. The predicted octanol–water partition coefficient (Wildman–Crippen LogP) is -0.996. The highest BCUT2D eigenvalue weighted by Gasteiger charge is 2.44. The summed E-state index contributed by atoms with van der Waals surface area (Å²) in [7, 11) is 0. The van der Waals surface area contributed by atoms with Crippen LogP contribution < -0.4 is 16.4 Å². The molecule has 1 unspecified atom stereocenters. The Hall–Kier alpha value is -1.14. The van der Waals surface area contributed by atoms with Crippen molar-refractivity contribution in [2.45, 2.75) is 37.9 Å². The van der Waals surface area contributed by atoms with E-state index in [9.17, 15) is 9.59 Å². The molecule has 1 aliphatic heterocycles. The number of rotatable bonds is 4. The number of carboxylic acids is 1. The van der Waals surface area contributed by atoms with Crippen molar-refractivity contribution >= 4 is 11.9 Å². The number of hydrogen-bond donors (Lipinski definition) is 4. The third-order valence-electron chi connectivity index (χ3n) is 2.68. The molecule has 0 saturated carbocycles. The summed E-state index contributed by atoms with van der Waals surface area (Å²) in [6.45, 7) is 2.66. The second-order valence-corrected chi connectivity index (χ2v) is 3.93. The van der Waals surface area contributed by atoms with Gasteiger partial charge in [-0.2, -0.15) is 0 Å². The van der Waals surface area contributed by atoms with Gasteiger partial charge in [-0.25, -0.2) is 4.79 Å². The standard InChI is InChI=1S/C9H17N3O3/c1-2-3-4-9(10)5-11-8(9)12-6(13)7(14)15/h8,11H,2-5,10H2,1H3,(H,12,13)(H,14,15)/t8-,9?/m0/s1. The minimum Gasteiger partial charge on any atom is -0.474 e. The Labute approximate surface area is 88.2 Å². The maximum absolute atomic E-state index is 10.9. The second kappa shape index (κ2) is 4.59. The molecule has 1 amide bonds. The van der Waals surface area contributed by atoms with Crippen molar-refractivity contribution in [2.75, 3.05) is 6.54 Å². The maximum atomic E-state index is 10.9. The molecule has 0 aliphatic carbocycles. The van der Waals surface area contributed by atoms with E-state index < -0.39 is 23.6 Å². The fraction of sp³-hybridized carbons (Fsp3) is 0.778. The first-order chi connectivity index (χ1) is 6.99. The van der Waals surface area contributed by atoms with Crippen molar-refractivity contribution < 1.29 is 14.7 Å². The van der Waals surface area contributed by atoms with Crippen LogP contribution in [-0.4, -0.2) is 35.2 Å². The van der Waals surface area contributed by atoms with Gasteiger partial charge in [-0.15, -0.1) is 0 Å². The average molecular weight is 215 g/mol. The van der Waals surface area contributed by atoms with Gasteiger partial charge in [0.2, 0.25) is 0 Å². The first kappa shape index (κ1) is 11.9. The van der Waals surface area contributed by atoms with Crippen LogP contribution in [0.2, 0.25) is 0 Å². The van der Waals surface area contributed by atoms with E-state index >= 15 is 0 Å². The maximum Gasteiger partial charge on any atom is 0.394 e. The van der Waals surface area contributed by atoms with Crippen molar-refractivity contribution in [3.63, 3.8) is 0 Å². The number of carbonyl (C=O) groups is 2. The van der Waals surface area contributed by atoms with E-state index in [0.29, 0.717) is 6.54 Å². The van der Waals surface area contributed by atoms with Gasteiger partial charge in [0.05, 0.1) is 11.7 Å². The zero-order valence-electron chi connectivity index (χ0n) is 8.75. The van der Waals surface area contributed by atoms with Crippen molar-refractivity contribution in [1.82, 2.24) is 10.6 Å². The molecule has 0 radical (unpaired) electrons. The largest absolute Gasteiger partial charge is 0.474 e. The fourth-order valence-electron chi connectivity index (χ4n) is 1.59. The Morgan fingerprint density at radius 2 is 2.33 bits per heavy atom. The molecule has 6 nitrogen and oxygen atoms in total. The molecule has 1 aliphatic rings. The molecule has 5 N–H and O–H groups in total. The molecule has 0 spiro atoms. The highest BCUT2D eigenvalue weighted by molar-refractivity contribution is 6.31. The molecule has 1 fully saturated rings. The number of hydrogen-bond acceptors (Lipinski definition) is 4. The monoisotopic (exact) mass is 215 g/mol. The molecule has 1 rings (SSSR count). The molecule has 0 aromatic heterocycles. The smallest absolute Gasteiger partial charge is 0.394 e. The Morgan fingerprint density at radius 3 is 2.73 bits per heavy atom. The number of amides is 1. The first-order valence-electron chi connectivity index (χ1n) is 5.05. The molecule has 1 heterocycles. The topological polar surface area (TPSA) is 104 Å². The van der Waals surface area contributed by atoms with E-state index in [1.165, 1.54) is 0 Å². The third-order valence-corrected chi connectivity index (χ3v) is 2.68. The van der Waals surface area contributed by atoms with Crippen LogP contribution in [0.25, 0.3) is 0 Å². The summed E-state index contributed by atoms with van der Waals surface area (Å²) >= 11 is 0. The van der Waals surface area contributed by atoms with Crippen LogP contribution in [-0.2, 0) is 9.59 Å². The Kier molecular flexibility index (Phi) is 3.65. The summed E-state index contributed by atoms with van der Waals surface area (Å²) in [6, 6.07) is 0. The van der Waals surface area contributed by atoms with Crippen molar-refractivity contribution in [2.24, 2.45) is 5.73 Å². The minimum atomic E-state index is -1.48. The Morgan fingerprint density at radius 1 is 1.67 bits per heavy atom. The average Bonchev–Trinajstić information content (AvgIpc) is 2.20. The van der Waals surface area contributed by atoms with Gasteiger partial charge in [-0.3, -0.25) is 10.1 Å². The number of nitrogens with two attached hydrogens (primary N) is 1. The number of unbranched alkanes of at least 4 members (excludes halogenated alkanes) is 1. The Balaban J connectivity index is 2.43. The lowest BCUT2D eigenvalue weighted by molar-refractivity contribution is -0.151. The fourth-order valence-corrected chi connectivity index (χ4v) is 1.59. The summed E-state index contributed by atoms with van der Waals surface area (Å²) < 4.78 is 0. The molecule has 15 heavy (non-hydrogen) atoms. The normalized spacial score (nSPS) is 29.3. The van der Waals surface area contributed by atoms with Crippen LogP contribution in [0, 0.1) is 0 Å². The lowest BCUT2D eigenvalue weighted by Gasteiger charge is -2.47. The molecule has 1 saturated heterocycles. The summed E-state index contributed by atoms with van der Waals surface area (Å²) in [5.74, 6) is -2.50. The molecular weight excluding hydrogens is 198 g/mol. The number of aliphatic carboxylic acids is 1. The molecule has 2 atom stereocenters. The second-order valence-electron chi connectivity index (χ2n) is 3.93. The van der Waals surface area contributed by atoms with Gasteiger partial charge >= 0.3 is 11.9 Å². The lowest BCUT2D eigenvalue weighted by Crippen LogP contribution is -2.78. The van der Waals surface area contributed by atoms with E-state index in [2.05, 4.69) is 17.6 Å². The van der Waals surface area contributed by atoms with Gasteiger partial charge in [0.1, 0.15) is 0 Å². The van der Waals surface area contributed by atoms with Crippen LogP contribution in [0.5, 0.6) is 0 Å². The first-order valence-corrected chi connectivity index (χ1v) is 5.05. The molecular formula is C9H17N3O3. The zero-order valence-corrected chi connectivity index (χ0v) is 8.75. The van der Waals surface area contributed by atoms with E-state index in [1.54, 1.807) is 0 Å². The molecule has 6 heteroatoms. The number of carbonyl (C=O) groups excluding carboxylic acids is 1. The van der Waals surface area contributed by atoms with E-state index in [0.717, 1.165) is 19.3 Å². The summed E-state index contributed by atoms with van der Waals surface area (Å²) in [4.78, 5) is 21.2. The highest BCUT2D eigenvalue weighted by atomic mass is 16.4. The molecule has 0 aromatic rings. The van der Waals surface area contributed by atoms with Gasteiger partial charge in [-0.1, -0.05) is 19.8 Å². The lowest BCUT2D eigenvalue weighted by atomic mass is 9.84. The van der Waals surface area contributed by atoms with Gasteiger partial charge in [0, 0.05) is 6.54 Å². The summed E-state index contributed by atoms with van der Waals surface area (Å²) in [6.07, 6.45) is 2.35. The van der Waals surface area contributed by atoms with E-state index in [-0.39, 0.29) is 0 Å². The highest BCUT2D eigenvalue weighted by Crippen LogP contribution is 2.20. The van der Waals surface area contributed by atoms with E-state index in [1.807, 2.05) is 0 Å². The van der Waals surface area contributed by atoms with Crippen LogP contribution >= 0.6 is 0 Å².